The zero-order valence-corrected chi connectivity index (χ0v) is 8.74. The molecule has 0 aromatic rings. The van der Waals surface area contributed by atoms with Gasteiger partial charge in [-0.3, -0.25) is 4.79 Å². The first-order chi connectivity index (χ1) is 6.78. The predicted molar refractivity (Wildman–Crippen MR) is 49.5 cm³/mol. The molecule has 0 spiro atoms. The van der Waals surface area contributed by atoms with Gasteiger partial charge in [-0.15, -0.1) is 0 Å². The van der Waals surface area contributed by atoms with Gasteiger partial charge in [0, 0.05) is 6.92 Å². The molecule has 0 aliphatic carbocycles. The number of amides is 1. The van der Waals surface area contributed by atoms with Gasteiger partial charge in [-0.25, -0.2) is 13.2 Å². The molecule has 0 bridgehead atoms. The second-order valence-corrected chi connectivity index (χ2v) is 4.91. The molecule has 0 fully saturated rings. The molecule has 7 nitrogen and oxygen atoms in total. The lowest BCUT2D eigenvalue weighted by atomic mass is 10.3. The molecular weight excluding hydrogens is 224 g/mol. The Morgan fingerprint density at radius 1 is 1.53 bits per heavy atom. The van der Waals surface area contributed by atoms with Crippen LogP contribution in [0.5, 0.6) is 0 Å². The van der Waals surface area contributed by atoms with E-state index in [9.17, 15) is 18.0 Å². The van der Waals surface area contributed by atoms with Gasteiger partial charge in [0.05, 0.1) is 11.8 Å². The number of hydrogen-bond donors (Lipinski definition) is 2. The molecule has 0 radical (unpaired) electrons. The highest BCUT2D eigenvalue weighted by atomic mass is 32.2. The Hall–Kier alpha value is -1.62. The topological polar surface area (TPSA) is 124 Å². The van der Waals surface area contributed by atoms with Crippen molar-refractivity contribution in [1.82, 2.24) is 5.32 Å². The van der Waals surface area contributed by atoms with Crippen LogP contribution in [-0.4, -0.2) is 42.9 Å². The zero-order valence-electron chi connectivity index (χ0n) is 7.93. The molecule has 8 heteroatoms. The van der Waals surface area contributed by atoms with Gasteiger partial charge >= 0.3 is 5.97 Å². The number of nitriles is 1. The fraction of sp³-hybridized carbons (Fsp3) is 0.571. The standard InChI is InChI=1S/C7H10N2O5S/c1-5(10)9-6(7(11)12)4-15(13,14)3-2-8/h6H,3-4H2,1H3,(H,9,10)(H,11,12)/t6-/m0/s1. The summed E-state index contributed by atoms with van der Waals surface area (Å²) in [4.78, 5) is 21.1. The van der Waals surface area contributed by atoms with E-state index in [4.69, 9.17) is 10.4 Å². The number of rotatable bonds is 5. The maximum absolute atomic E-state index is 11.1. The van der Waals surface area contributed by atoms with E-state index in [-0.39, 0.29) is 0 Å². The number of nitrogens with one attached hydrogen (secondary N) is 1. The third-order valence-electron chi connectivity index (χ3n) is 1.38. The van der Waals surface area contributed by atoms with Gasteiger partial charge in [-0.2, -0.15) is 5.26 Å². The van der Waals surface area contributed by atoms with Crippen molar-refractivity contribution < 1.29 is 23.1 Å². The van der Waals surface area contributed by atoms with E-state index in [1.165, 1.54) is 6.07 Å². The van der Waals surface area contributed by atoms with Crippen LogP contribution in [0.3, 0.4) is 0 Å². The molecule has 0 aliphatic heterocycles. The third kappa shape index (κ3) is 5.64. The number of carbonyl (C=O) groups excluding carboxylic acids is 1. The van der Waals surface area contributed by atoms with Gasteiger partial charge in [0.25, 0.3) is 0 Å². The SMILES string of the molecule is CC(=O)N[C@@H](CS(=O)(=O)CC#N)C(=O)O. The largest absolute Gasteiger partial charge is 0.480 e. The normalized spacial score (nSPS) is 12.5. The summed E-state index contributed by atoms with van der Waals surface area (Å²) in [7, 11) is -3.78. The Balaban J connectivity index is 4.64. The van der Waals surface area contributed by atoms with Crippen molar-refractivity contribution in [3.63, 3.8) is 0 Å². The van der Waals surface area contributed by atoms with Gasteiger partial charge in [0.1, 0.15) is 11.8 Å². The van der Waals surface area contributed by atoms with E-state index >= 15 is 0 Å². The van der Waals surface area contributed by atoms with E-state index in [2.05, 4.69) is 0 Å². The number of carboxylic acid groups (broad SMARTS) is 1. The van der Waals surface area contributed by atoms with Gasteiger partial charge in [-0.05, 0) is 0 Å². The zero-order chi connectivity index (χ0) is 12.1. The Labute approximate surface area is 86.6 Å². The van der Waals surface area contributed by atoms with Crippen LogP contribution in [0, 0.1) is 11.3 Å². The first-order valence-electron chi connectivity index (χ1n) is 3.86. The maximum atomic E-state index is 11.1. The Bertz CT molecular complexity index is 394. The van der Waals surface area contributed by atoms with Crippen LogP contribution in [0.15, 0.2) is 0 Å². The van der Waals surface area contributed by atoms with Crippen LogP contribution in [-0.2, 0) is 19.4 Å². The molecule has 0 aliphatic rings. The average Bonchev–Trinajstić information content (AvgIpc) is 2.00. The fourth-order valence-corrected chi connectivity index (χ4v) is 1.88. The van der Waals surface area contributed by atoms with Crippen LogP contribution in [0.1, 0.15) is 6.92 Å². The Morgan fingerprint density at radius 2 is 2.07 bits per heavy atom. The number of carboxylic acids is 1. The number of aliphatic carboxylic acids is 1. The molecule has 0 saturated carbocycles. The highest BCUT2D eigenvalue weighted by Crippen LogP contribution is 1.95. The van der Waals surface area contributed by atoms with Gasteiger partial charge in [-0.1, -0.05) is 0 Å². The minimum Gasteiger partial charge on any atom is -0.480 e. The molecule has 1 atom stereocenters. The average molecular weight is 234 g/mol. The number of sulfone groups is 1. The molecule has 0 heterocycles. The predicted octanol–water partition coefficient (Wildman–Crippen LogP) is -1.49. The molecule has 0 rings (SSSR count). The highest BCUT2D eigenvalue weighted by Gasteiger charge is 2.25. The lowest BCUT2D eigenvalue weighted by molar-refractivity contribution is -0.140. The van der Waals surface area contributed by atoms with E-state index in [1.807, 2.05) is 5.32 Å². The van der Waals surface area contributed by atoms with Gasteiger partial charge < -0.3 is 10.4 Å². The summed E-state index contributed by atoms with van der Waals surface area (Å²) in [5, 5.41) is 18.7. The lowest BCUT2D eigenvalue weighted by Crippen LogP contribution is -2.44. The first kappa shape index (κ1) is 13.4. The summed E-state index contributed by atoms with van der Waals surface area (Å²) < 4.78 is 22.2. The highest BCUT2D eigenvalue weighted by molar-refractivity contribution is 7.91. The molecule has 15 heavy (non-hydrogen) atoms. The van der Waals surface area contributed by atoms with Crippen molar-refractivity contribution in [1.29, 1.82) is 5.26 Å². The fourth-order valence-electron chi connectivity index (χ4n) is 0.831. The van der Waals surface area contributed by atoms with Crippen molar-refractivity contribution in [2.45, 2.75) is 13.0 Å². The van der Waals surface area contributed by atoms with Crippen LogP contribution < -0.4 is 5.32 Å². The molecular formula is C7H10N2O5S. The summed E-state index contributed by atoms with van der Waals surface area (Å²) in [5.41, 5.74) is 0. The third-order valence-corrected chi connectivity index (χ3v) is 2.79. The van der Waals surface area contributed by atoms with Crippen molar-refractivity contribution in [3.8, 4) is 6.07 Å². The molecule has 0 unspecified atom stereocenters. The lowest BCUT2D eigenvalue weighted by Gasteiger charge is -2.11. The number of carbonyl (C=O) groups is 2. The van der Waals surface area contributed by atoms with Crippen LogP contribution in [0.2, 0.25) is 0 Å². The van der Waals surface area contributed by atoms with Gasteiger partial charge in [0.15, 0.2) is 9.84 Å². The second kappa shape index (κ2) is 5.31. The monoisotopic (exact) mass is 234 g/mol. The van der Waals surface area contributed by atoms with Crippen LogP contribution in [0.4, 0.5) is 0 Å². The molecule has 84 valence electrons. The smallest absolute Gasteiger partial charge is 0.327 e. The number of nitrogens with zero attached hydrogens (tertiary/aromatic N) is 1. The number of hydrogen-bond acceptors (Lipinski definition) is 5. The van der Waals surface area contributed by atoms with Crippen molar-refractivity contribution in [2.75, 3.05) is 11.5 Å². The molecule has 0 aromatic carbocycles. The first-order valence-corrected chi connectivity index (χ1v) is 5.68. The van der Waals surface area contributed by atoms with E-state index in [1.54, 1.807) is 0 Å². The van der Waals surface area contributed by atoms with E-state index < -0.39 is 39.3 Å². The second-order valence-electron chi connectivity index (χ2n) is 2.80. The molecule has 0 aromatic heterocycles. The quantitative estimate of drug-likeness (QED) is 0.597. The summed E-state index contributed by atoms with van der Waals surface area (Å²) in [5.74, 6) is -3.65. The molecule has 0 saturated heterocycles. The summed E-state index contributed by atoms with van der Waals surface area (Å²) in [6.07, 6.45) is 0. The van der Waals surface area contributed by atoms with Crippen molar-refractivity contribution in [2.24, 2.45) is 0 Å². The summed E-state index contributed by atoms with van der Waals surface area (Å²) in [6.45, 7) is 1.08. The Morgan fingerprint density at radius 3 is 2.40 bits per heavy atom. The minimum absolute atomic E-state index is 0.644. The van der Waals surface area contributed by atoms with Crippen molar-refractivity contribution >= 4 is 21.7 Å². The van der Waals surface area contributed by atoms with E-state index in [0.717, 1.165) is 6.92 Å². The van der Waals surface area contributed by atoms with E-state index in [0.29, 0.717) is 0 Å². The maximum Gasteiger partial charge on any atom is 0.327 e. The summed E-state index contributed by atoms with van der Waals surface area (Å²) in [6, 6.07) is -0.101. The van der Waals surface area contributed by atoms with Crippen LogP contribution >= 0.6 is 0 Å². The van der Waals surface area contributed by atoms with Crippen LogP contribution in [0.25, 0.3) is 0 Å². The summed E-state index contributed by atoms with van der Waals surface area (Å²) >= 11 is 0. The Kier molecular flexibility index (Phi) is 4.73. The molecule has 2 N–H and O–H groups in total. The van der Waals surface area contributed by atoms with Gasteiger partial charge in [0.2, 0.25) is 5.91 Å². The minimum atomic E-state index is -3.78. The molecule has 1 amide bonds. The van der Waals surface area contributed by atoms with Crippen molar-refractivity contribution in [3.05, 3.63) is 0 Å².